The number of hydrogen-bond donors (Lipinski definition) is 0. The summed E-state index contributed by atoms with van der Waals surface area (Å²) >= 11 is 5.74. The Labute approximate surface area is 188 Å². The molecule has 0 N–H and O–H groups in total. The Morgan fingerprint density at radius 3 is 2.52 bits per heavy atom. The van der Waals surface area contributed by atoms with Crippen molar-refractivity contribution in [3.8, 4) is 0 Å². The summed E-state index contributed by atoms with van der Waals surface area (Å²) in [7, 11) is -3.39. The van der Waals surface area contributed by atoms with Crippen LogP contribution in [0.1, 0.15) is 29.6 Å². The summed E-state index contributed by atoms with van der Waals surface area (Å²) in [5.74, 6) is 0.0676. The van der Waals surface area contributed by atoms with E-state index in [4.69, 9.17) is 0 Å². The molecule has 158 valence electrons. The lowest BCUT2D eigenvalue weighted by molar-refractivity contribution is 0.0744. The van der Waals surface area contributed by atoms with Crippen LogP contribution in [0.15, 0.2) is 31.0 Å². The van der Waals surface area contributed by atoms with Crippen molar-refractivity contribution in [1.82, 2.24) is 13.6 Å². The molecule has 0 aromatic carbocycles. The molecule has 0 saturated carbocycles. The van der Waals surface area contributed by atoms with Crippen LogP contribution in [-0.2, 0) is 10.0 Å². The first-order chi connectivity index (χ1) is 13.9. The van der Waals surface area contributed by atoms with E-state index in [9.17, 15) is 13.2 Å². The summed E-state index contributed by atoms with van der Waals surface area (Å²) in [4.78, 5) is 15.2. The first-order valence-corrected chi connectivity index (χ1v) is 14.8. The van der Waals surface area contributed by atoms with Gasteiger partial charge >= 0.3 is 0 Å². The van der Waals surface area contributed by atoms with Crippen LogP contribution in [0.25, 0.3) is 0 Å². The number of likely N-dealkylation sites (tertiary alicyclic amines) is 1. The molecule has 2 aromatic heterocycles. The van der Waals surface area contributed by atoms with Crippen molar-refractivity contribution in [2.75, 3.05) is 38.7 Å². The lowest BCUT2D eigenvalue weighted by Crippen LogP contribution is -2.44. The maximum atomic E-state index is 13.2. The van der Waals surface area contributed by atoms with E-state index in [1.807, 2.05) is 17.4 Å². The number of sulfonamides is 1. The van der Waals surface area contributed by atoms with Gasteiger partial charge in [-0.2, -0.15) is 8.68 Å². The van der Waals surface area contributed by atoms with Crippen molar-refractivity contribution in [3.05, 3.63) is 23.1 Å². The van der Waals surface area contributed by atoms with Gasteiger partial charge in [-0.1, -0.05) is 6.07 Å². The maximum Gasteiger partial charge on any atom is 0.258 e. The van der Waals surface area contributed by atoms with E-state index in [1.54, 1.807) is 33.6 Å². The second kappa shape index (κ2) is 8.51. The van der Waals surface area contributed by atoms with Gasteiger partial charge in [-0.05, 0) is 60.2 Å². The van der Waals surface area contributed by atoms with Crippen LogP contribution in [0, 0.1) is 5.41 Å². The van der Waals surface area contributed by atoms with Gasteiger partial charge in [0.25, 0.3) is 15.9 Å². The Hall–Kier alpha value is -0.590. The number of hydrogen-bond acceptors (Lipinski definition) is 8. The van der Waals surface area contributed by atoms with Crippen molar-refractivity contribution in [2.24, 2.45) is 5.41 Å². The minimum absolute atomic E-state index is 0.0274. The van der Waals surface area contributed by atoms with Crippen molar-refractivity contribution >= 4 is 62.3 Å². The number of nitrogens with zero attached hydrogens (tertiary/aromatic N) is 3. The standard InChI is InChI=1S/C18H23N3O3S5/c1-25-15-14(17(26-2)28-19-15)16(22)20-8-5-18(12-20)6-9-21(10-7-18)29(23,24)13-4-3-11-27-13/h3-4,11H,5-10,12H2,1-2H3. The Balaban J connectivity index is 1.44. The Kier molecular flexibility index (Phi) is 6.35. The molecule has 0 radical (unpaired) electrons. The van der Waals surface area contributed by atoms with Crippen LogP contribution in [0.5, 0.6) is 0 Å². The average Bonchev–Trinajstić information content (AvgIpc) is 3.47. The maximum absolute atomic E-state index is 13.2. The van der Waals surface area contributed by atoms with Crippen LogP contribution in [0.3, 0.4) is 0 Å². The fourth-order valence-corrected chi connectivity index (χ4v) is 8.98. The summed E-state index contributed by atoms with van der Waals surface area (Å²) < 4.78 is 33.0. The summed E-state index contributed by atoms with van der Waals surface area (Å²) in [5.41, 5.74) is 0.768. The van der Waals surface area contributed by atoms with Gasteiger partial charge in [0.15, 0.2) is 0 Å². The Bertz CT molecular complexity index is 957. The number of thiophene rings is 1. The summed E-state index contributed by atoms with van der Waals surface area (Å²) in [6.45, 7) is 2.48. The predicted octanol–water partition coefficient (Wildman–Crippen LogP) is 3.97. The Morgan fingerprint density at radius 1 is 1.17 bits per heavy atom. The molecule has 4 rings (SSSR count). The third-order valence-electron chi connectivity index (χ3n) is 5.82. The number of aromatic nitrogens is 1. The van der Waals surface area contributed by atoms with Crippen molar-refractivity contribution in [2.45, 2.75) is 32.7 Å². The molecular weight excluding hydrogens is 467 g/mol. The molecule has 0 unspecified atom stereocenters. The van der Waals surface area contributed by atoms with Crippen molar-refractivity contribution in [3.63, 3.8) is 0 Å². The summed E-state index contributed by atoms with van der Waals surface area (Å²) in [6, 6.07) is 3.44. The smallest absolute Gasteiger partial charge is 0.258 e. The zero-order chi connectivity index (χ0) is 20.6. The minimum atomic E-state index is -3.39. The topological polar surface area (TPSA) is 70.6 Å². The number of piperidine rings is 1. The van der Waals surface area contributed by atoms with Crippen molar-refractivity contribution in [1.29, 1.82) is 0 Å². The first kappa shape index (κ1) is 21.6. The molecular formula is C18H23N3O3S5. The molecule has 0 aliphatic carbocycles. The average molecular weight is 490 g/mol. The molecule has 2 aliphatic heterocycles. The van der Waals surface area contributed by atoms with Gasteiger partial charge in [-0.25, -0.2) is 8.42 Å². The van der Waals surface area contributed by atoms with Crippen molar-refractivity contribution < 1.29 is 13.2 Å². The van der Waals surface area contributed by atoms with Crippen LogP contribution >= 0.6 is 46.4 Å². The van der Waals surface area contributed by atoms with E-state index in [1.165, 1.54) is 34.6 Å². The number of rotatable bonds is 5. The summed E-state index contributed by atoms with van der Waals surface area (Å²) in [5, 5.41) is 2.60. The van der Waals surface area contributed by atoms with E-state index in [0.29, 0.717) is 23.8 Å². The van der Waals surface area contributed by atoms with Gasteiger partial charge in [0.05, 0.1) is 9.77 Å². The molecule has 2 aromatic rings. The highest BCUT2D eigenvalue weighted by molar-refractivity contribution is 8.01. The van der Waals surface area contributed by atoms with E-state index < -0.39 is 10.0 Å². The third-order valence-corrected chi connectivity index (χ3v) is 11.8. The lowest BCUT2D eigenvalue weighted by Gasteiger charge is -2.38. The molecule has 11 heteroatoms. The molecule has 0 atom stereocenters. The number of carbonyl (C=O) groups excluding carboxylic acids is 1. The fraction of sp³-hybridized carbons (Fsp3) is 0.556. The van der Waals surface area contributed by atoms with Gasteiger partial charge in [0.1, 0.15) is 9.24 Å². The SMILES string of the molecule is CSc1nsc(SC)c1C(=O)N1CCC2(CCN(S(=O)(=O)c3cccs3)CC2)C1. The highest BCUT2D eigenvalue weighted by Gasteiger charge is 2.45. The van der Waals surface area contributed by atoms with E-state index >= 15 is 0 Å². The summed E-state index contributed by atoms with van der Waals surface area (Å²) in [6.07, 6.45) is 6.46. The molecule has 2 aliphatic rings. The second-order valence-electron chi connectivity index (χ2n) is 7.37. The van der Waals surface area contributed by atoms with Gasteiger partial charge in [0.2, 0.25) is 0 Å². The number of amides is 1. The minimum Gasteiger partial charge on any atom is -0.338 e. The van der Waals surface area contributed by atoms with Crippen LogP contribution in [0.4, 0.5) is 0 Å². The van der Waals surface area contributed by atoms with Crippen LogP contribution < -0.4 is 0 Å². The van der Waals surface area contributed by atoms with E-state index in [-0.39, 0.29) is 11.3 Å². The zero-order valence-electron chi connectivity index (χ0n) is 16.3. The molecule has 6 nitrogen and oxygen atoms in total. The Morgan fingerprint density at radius 2 is 1.90 bits per heavy atom. The monoisotopic (exact) mass is 489 g/mol. The molecule has 0 bridgehead atoms. The third kappa shape index (κ3) is 4.01. The second-order valence-corrected chi connectivity index (χ2v) is 13.1. The highest BCUT2D eigenvalue weighted by atomic mass is 32.2. The van der Waals surface area contributed by atoms with Gasteiger partial charge in [-0.3, -0.25) is 4.79 Å². The highest BCUT2D eigenvalue weighted by Crippen LogP contribution is 2.43. The molecule has 1 amide bonds. The van der Waals surface area contributed by atoms with E-state index in [2.05, 4.69) is 4.37 Å². The normalized spacial score (nSPS) is 19.9. The molecule has 2 fully saturated rings. The molecule has 1 spiro atoms. The van der Waals surface area contributed by atoms with Gasteiger partial charge in [0, 0.05) is 26.2 Å². The predicted molar refractivity (Wildman–Crippen MR) is 121 cm³/mol. The number of thioether (sulfide) groups is 2. The van der Waals surface area contributed by atoms with Gasteiger partial charge < -0.3 is 4.90 Å². The zero-order valence-corrected chi connectivity index (χ0v) is 20.4. The first-order valence-electron chi connectivity index (χ1n) is 9.31. The molecule has 29 heavy (non-hydrogen) atoms. The number of carbonyl (C=O) groups is 1. The largest absolute Gasteiger partial charge is 0.338 e. The van der Waals surface area contributed by atoms with Crippen LogP contribution in [0.2, 0.25) is 0 Å². The lowest BCUT2D eigenvalue weighted by atomic mass is 9.78. The van der Waals surface area contributed by atoms with Gasteiger partial charge in [-0.15, -0.1) is 34.9 Å². The molecule has 4 heterocycles. The van der Waals surface area contributed by atoms with Crippen LogP contribution in [-0.4, -0.2) is 66.6 Å². The van der Waals surface area contributed by atoms with E-state index in [0.717, 1.165) is 40.6 Å². The molecule has 2 saturated heterocycles. The fourth-order valence-electron chi connectivity index (χ4n) is 4.13. The quantitative estimate of drug-likeness (QED) is 0.592.